The van der Waals surface area contributed by atoms with Crippen molar-refractivity contribution in [3.05, 3.63) is 53.2 Å². The van der Waals surface area contributed by atoms with Crippen LogP contribution in [0.1, 0.15) is 18.4 Å². The van der Waals surface area contributed by atoms with E-state index in [1.54, 1.807) is 0 Å². The molecule has 0 radical (unpaired) electrons. The van der Waals surface area contributed by atoms with Gasteiger partial charge in [-0.05, 0) is 11.6 Å². The van der Waals surface area contributed by atoms with Crippen molar-refractivity contribution in [1.29, 1.82) is 0 Å². The first-order valence-electron chi connectivity index (χ1n) is 10.4. The number of aliphatic carboxylic acids is 1. The lowest BCUT2D eigenvalue weighted by molar-refractivity contribution is -0.132. The van der Waals surface area contributed by atoms with Crippen molar-refractivity contribution in [1.82, 2.24) is 19.3 Å². The number of piperidine rings is 1. The summed E-state index contributed by atoms with van der Waals surface area (Å²) in [6, 6.07) is 9.76. The lowest BCUT2D eigenvalue weighted by Gasteiger charge is -2.31. The van der Waals surface area contributed by atoms with Gasteiger partial charge in [-0.25, -0.2) is 13.6 Å². The standard InChI is InChI=1S/C23H23F2N5O2/c1-16-20(17-5-3-2-4-6-17)30(14-13-29-11-8-23(24,25)9-12-29)28-21(16)27-19-15-26-10-7-18(19)22(31)32/h2-7,15H,8-9,11-14H2,1H3,(H-,27,28,31,32)/p+1. The first-order valence-corrected chi connectivity index (χ1v) is 10.4. The van der Waals surface area contributed by atoms with Gasteiger partial charge in [-0.3, -0.25) is 4.68 Å². The highest BCUT2D eigenvalue weighted by Gasteiger charge is 2.33. The van der Waals surface area contributed by atoms with Crippen molar-refractivity contribution in [2.24, 2.45) is 0 Å². The molecule has 32 heavy (non-hydrogen) atoms. The minimum atomic E-state index is -2.58. The van der Waals surface area contributed by atoms with Gasteiger partial charge in [-0.15, -0.1) is 0 Å². The summed E-state index contributed by atoms with van der Waals surface area (Å²) < 4.78 is 32.7. The molecule has 1 fully saturated rings. The van der Waals surface area contributed by atoms with Crippen molar-refractivity contribution < 1.29 is 18.7 Å². The highest BCUT2D eigenvalue weighted by molar-refractivity contribution is 6.03. The van der Waals surface area contributed by atoms with Crippen molar-refractivity contribution in [3.63, 3.8) is 0 Å². The predicted molar refractivity (Wildman–Crippen MR) is 119 cm³/mol. The van der Waals surface area contributed by atoms with Gasteiger partial charge in [0.1, 0.15) is 11.3 Å². The summed E-state index contributed by atoms with van der Waals surface area (Å²) in [7, 11) is 0. The van der Waals surface area contributed by atoms with Gasteiger partial charge in [-0.2, -0.15) is 5.10 Å². The Bertz CT molecular complexity index is 1150. The van der Waals surface area contributed by atoms with Crippen LogP contribution in [0.5, 0.6) is 0 Å². The van der Waals surface area contributed by atoms with E-state index in [-0.39, 0.29) is 18.4 Å². The van der Waals surface area contributed by atoms with Crippen LogP contribution < -0.4 is 9.98 Å². The van der Waals surface area contributed by atoms with Crippen LogP contribution in [0, 0.1) is 6.92 Å². The minimum absolute atomic E-state index is 0.0458. The number of carboxylic acid groups (broad SMARTS) is 1. The van der Waals surface area contributed by atoms with Crippen molar-refractivity contribution in [2.45, 2.75) is 32.2 Å². The SMILES string of the molecule is Cc1c(NC2=C(C(=O)O)C=C=[N+]=C2)nn(CCN2CCC(F)(F)CC2)c1-c1ccccc1. The molecule has 2 aliphatic rings. The second-order valence-corrected chi connectivity index (χ2v) is 7.90. The summed E-state index contributed by atoms with van der Waals surface area (Å²) in [5.74, 6) is -0.614. The second-order valence-electron chi connectivity index (χ2n) is 7.90. The Balaban J connectivity index is 1.62. The minimum Gasteiger partial charge on any atom is -0.478 e. The van der Waals surface area contributed by atoms with E-state index in [1.807, 2.05) is 46.8 Å². The summed E-state index contributed by atoms with van der Waals surface area (Å²) in [5, 5.41) is 17.2. The van der Waals surface area contributed by atoms with Gasteiger partial charge in [0, 0.05) is 43.6 Å². The Morgan fingerprint density at radius 1 is 1.25 bits per heavy atom. The maximum Gasteiger partial charge on any atom is 0.338 e. The van der Waals surface area contributed by atoms with E-state index < -0.39 is 11.9 Å². The summed E-state index contributed by atoms with van der Waals surface area (Å²) in [6.07, 6.45) is 2.46. The molecule has 1 saturated heterocycles. The van der Waals surface area contributed by atoms with Gasteiger partial charge in [-0.1, -0.05) is 30.3 Å². The first kappa shape index (κ1) is 21.7. The van der Waals surface area contributed by atoms with Crippen molar-refractivity contribution in [3.8, 4) is 11.3 Å². The van der Waals surface area contributed by atoms with Crippen LogP contribution in [0.4, 0.5) is 14.6 Å². The average Bonchev–Trinajstić information content (AvgIpc) is 3.09. The van der Waals surface area contributed by atoms with Crippen LogP contribution in [-0.4, -0.2) is 63.4 Å². The molecule has 2 aliphatic heterocycles. The van der Waals surface area contributed by atoms with E-state index in [9.17, 15) is 18.7 Å². The molecule has 0 saturated carbocycles. The molecule has 7 nitrogen and oxygen atoms in total. The van der Waals surface area contributed by atoms with Crippen molar-refractivity contribution >= 4 is 23.9 Å². The molecular formula is C23H24F2N5O2+. The lowest BCUT2D eigenvalue weighted by Crippen LogP contribution is -2.40. The van der Waals surface area contributed by atoms with Gasteiger partial charge in [0.2, 0.25) is 0 Å². The van der Waals surface area contributed by atoms with Crippen LogP contribution >= 0.6 is 0 Å². The lowest BCUT2D eigenvalue weighted by atomic mass is 10.1. The zero-order chi connectivity index (χ0) is 22.7. The fourth-order valence-electron chi connectivity index (χ4n) is 3.89. The van der Waals surface area contributed by atoms with Crippen LogP contribution in [0.15, 0.2) is 47.7 Å². The number of rotatable bonds is 7. The molecule has 0 spiro atoms. The summed E-state index contributed by atoms with van der Waals surface area (Å²) in [6.45, 7) is 3.74. The average molecular weight is 440 g/mol. The Morgan fingerprint density at radius 2 is 1.97 bits per heavy atom. The molecule has 0 amide bonds. The number of likely N-dealkylation sites (tertiary alicyclic amines) is 1. The highest BCUT2D eigenvalue weighted by Crippen LogP contribution is 2.31. The van der Waals surface area contributed by atoms with Gasteiger partial charge >= 0.3 is 18.1 Å². The Kier molecular flexibility index (Phi) is 6.06. The zero-order valence-corrected chi connectivity index (χ0v) is 17.7. The molecule has 1 aromatic heterocycles. The zero-order valence-electron chi connectivity index (χ0n) is 17.7. The molecule has 0 unspecified atom stereocenters. The number of carbonyl (C=O) groups is 1. The van der Waals surface area contributed by atoms with E-state index in [1.165, 1.54) is 12.3 Å². The molecule has 4 rings (SSSR count). The number of aromatic nitrogens is 2. The Hall–Kier alpha value is -3.51. The fourth-order valence-corrected chi connectivity index (χ4v) is 3.89. The molecular weight excluding hydrogens is 416 g/mol. The molecule has 9 heteroatoms. The monoisotopic (exact) mass is 440 g/mol. The summed E-state index contributed by atoms with van der Waals surface area (Å²) in [5.41, 5.74) is 3.08. The molecule has 2 N–H and O–H groups in total. The van der Waals surface area contributed by atoms with Gasteiger partial charge in [0.05, 0.1) is 18.3 Å². The number of carboxylic acids is 1. The molecule has 0 bridgehead atoms. The van der Waals surface area contributed by atoms with E-state index in [4.69, 9.17) is 5.10 Å². The molecule has 3 heterocycles. The van der Waals surface area contributed by atoms with E-state index in [2.05, 4.69) is 15.9 Å². The highest BCUT2D eigenvalue weighted by atomic mass is 19.3. The molecule has 0 aliphatic carbocycles. The normalized spacial score (nSPS) is 17.7. The number of alkyl halides is 2. The van der Waals surface area contributed by atoms with Gasteiger partial charge in [0.15, 0.2) is 5.82 Å². The van der Waals surface area contributed by atoms with Crippen LogP contribution in [0.25, 0.3) is 11.3 Å². The number of allylic oxidation sites excluding steroid dienone is 1. The molecule has 2 aromatic rings. The maximum atomic E-state index is 13.5. The fraction of sp³-hybridized carbons (Fsp3) is 0.348. The third kappa shape index (κ3) is 4.70. The second kappa shape index (κ2) is 8.93. The number of hydrogen-bond donors (Lipinski definition) is 2. The molecule has 0 atom stereocenters. The number of halogens is 2. The van der Waals surface area contributed by atoms with E-state index in [0.29, 0.717) is 37.7 Å². The summed E-state index contributed by atoms with van der Waals surface area (Å²) >= 11 is 0. The number of nitrogens with one attached hydrogen (secondary N) is 1. The number of hydrogen-bond acceptors (Lipinski definition) is 4. The number of benzene rings is 1. The third-order valence-electron chi connectivity index (χ3n) is 5.70. The van der Waals surface area contributed by atoms with E-state index in [0.717, 1.165) is 16.8 Å². The smallest absolute Gasteiger partial charge is 0.338 e. The van der Waals surface area contributed by atoms with Crippen molar-refractivity contribution in [2.75, 3.05) is 25.0 Å². The first-order chi connectivity index (χ1) is 15.3. The number of nitrogens with zero attached hydrogens (tertiary/aromatic N) is 4. The quantitative estimate of drug-likeness (QED) is 0.647. The number of anilines is 1. The molecule has 166 valence electrons. The van der Waals surface area contributed by atoms with Crippen LogP contribution in [0.3, 0.4) is 0 Å². The molecule has 1 aromatic carbocycles. The predicted octanol–water partition coefficient (Wildman–Crippen LogP) is 2.72. The third-order valence-corrected chi connectivity index (χ3v) is 5.70. The Morgan fingerprint density at radius 3 is 2.66 bits per heavy atom. The largest absolute Gasteiger partial charge is 0.478 e. The van der Waals surface area contributed by atoms with Crippen LogP contribution in [0.2, 0.25) is 0 Å². The van der Waals surface area contributed by atoms with E-state index >= 15 is 0 Å². The summed E-state index contributed by atoms with van der Waals surface area (Å²) in [4.78, 5) is 13.6. The van der Waals surface area contributed by atoms with Crippen LogP contribution in [-0.2, 0) is 11.3 Å². The topological polar surface area (TPSA) is 84.5 Å². The Labute approximate surface area is 184 Å². The maximum absolute atomic E-state index is 13.5. The van der Waals surface area contributed by atoms with Gasteiger partial charge in [0.25, 0.3) is 5.92 Å². The van der Waals surface area contributed by atoms with Gasteiger partial charge < -0.3 is 15.3 Å².